The Hall–Kier alpha value is -1.13. The summed E-state index contributed by atoms with van der Waals surface area (Å²) >= 11 is 3.26. The third-order valence-electron chi connectivity index (χ3n) is 2.14. The lowest BCUT2D eigenvalue weighted by molar-refractivity contribution is 0.466. The molecular weight excluding hydrogens is 244 g/mol. The van der Waals surface area contributed by atoms with Crippen LogP contribution in [0.25, 0.3) is 10.9 Å². The molecule has 0 fully saturated rings. The van der Waals surface area contributed by atoms with Crippen LogP contribution in [-0.2, 0) is 6.54 Å². The van der Waals surface area contributed by atoms with Gasteiger partial charge < -0.3 is 10.8 Å². The molecule has 3 N–H and O–H groups in total. The first-order valence-electron chi connectivity index (χ1n) is 4.19. The van der Waals surface area contributed by atoms with Crippen LogP contribution in [0.1, 0.15) is 5.56 Å². The average molecular weight is 253 g/mol. The van der Waals surface area contributed by atoms with Gasteiger partial charge in [-0.2, -0.15) is 0 Å². The molecule has 0 aliphatic carbocycles. The van der Waals surface area contributed by atoms with Crippen LogP contribution in [0, 0.1) is 0 Å². The quantitative estimate of drug-likeness (QED) is 0.818. The number of benzene rings is 1. The predicted octanol–water partition coefficient (Wildman–Crippen LogP) is 2.16. The summed E-state index contributed by atoms with van der Waals surface area (Å²) in [6, 6.07) is 5.51. The lowest BCUT2D eigenvalue weighted by Crippen LogP contribution is -1.98. The Kier molecular flexibility index (Phi) is 2.39. The van der Waals surface area contributed by atoms with Gasteiger partial charge in [0.1, 0.15) is 5.75 Å². The van der Waals surface area contributed by atoms with E-state index < -0.39 is 0 Å². The maximum atomic E-state index is 9.74. The standard InChI is InChI=1S/C10H9BrN2O/c11-8-4-9-6(2-1-3-13-9)7(5-12)10(8)14/h1-4,14H,5,12H2. The van der Waals surface area contributed by atoms with Crippen LogP contribution in [0.2, 0.25) is 0 Å². The predicted molar refractivity (Wildman–Crippen MR) is 59.0 cm³/mol. The van der Waals surface area contributed by atoms with Gasteiger partial charge in [0.05, 0.1) is 9.99 Å². The number of aromatic hydroxyl groups is 1. The van der Waals surface area contributed by atoms with Crippen LogP contribution in [-0.4, -0.2) is 10.1 Å². The molecule has 1 aromatic heterocycles. The Morgan fingerprint density at radius 2 is 2.29 bits per heavy atom. The zero-order valence-corrected chi connectivity index (χ0v) is 8.95. The normalized spacial score (nSPS) is 10.7. The molecule has 0 atom stereocenters. The summed E-state index contributed by atoms with van der Waals surface area (Å²) in [5, 5.41) is 10.6. The van der Waals surface area contributed by atoms with Crippen molar-refractivity contribution in [3.63, 3.8) is 0 Å². The van der Waals surface area contributed by atoms with Gasteiger partial charge in [0.15, 0.2) is 0 Å². The van der Waals surface area contributed by atoms with Gasteiger partial charge in [-0.15, -0.1) is 0 Å². The van der Waals surface area contributed by atoms with E-state index in [4.69, 9.17) is 5.73 Å². The van der Waals surface area contributed by atoms with Gasteiger partial charge in [-0.3, -0.25) is 4.98 Å². The highest BCUT2D eigenvalue weighted by molar-refractivity contribution is 9.10. The van der Waals surface area contributed by atoms with Crippen LogP contribution < -0.4 is 5.73 Å². The SMILES string of the molecule is NCc1c(O)c(Br)cc2ncccc12. The van der Waals surface area contributed by atoms with Crippen LogP contribution in [0.5, 0.6) is 5.75 Å². The first-order valence-corrected chi connectivity index (χ1v) is 4.98. The summed E-state index contributed by atoms with van der Waals surface area (Å²) in [6.07, 6.45) is 1.71. The third-order valence-corrected chi connectivity index (χ3v) is 2.75. The number of nitrogens with zero attached hydrogens (tertiary/aromatic N) is 1. The lowest BCUT2D eigenvalue weighted by atomic mass is 10.1. The highest BCUT2D eigenvalue weighted by Gasteiger charge is 2.09. The Morgan fingerprint density at radius 3 is 3.00 bits per heavy atom. The molecule has 0 spiro atoms. The Morgan fingerprint density at radius 1 is 1.50 bits per heavy atom. The molecule has 1 aromatic carbocycles. The molecule has 0 saturated heterocycles. The number of nitrogens with two attached hydrogens (primary N) is 1. The van der Waals surface area contributed by atoms with Crippen molar-refractivity contribution < 1.29 is 5.11 Å². The number of hydrogen-bond acceptors (Lipinski definition) is 3. The van der Waals surface area contributed by atoms with E-state index in [1.807, 2.05) is 12.1 Å². The van der Waals surface area contributed by atoms with E-state index in [9.17, 15) is 5.11 Å². The Balaban J connectivity index is 2.89. The van der Waals surface area contributed by atoms with E-state index in [2.05, 4.69) is 20.9 Å². The Bertz CT molecular complexity index is 485. The number of phenols is 1. The molecule has 0 bridgehead atoms. The summed E-state index contributed by atoms with van der Waals surface area (Å²) in [7, 11) is 0. The van der Waals surface area contributed by atoms with E-state index in [1.165, 1.54) is 0 Å². The number of hydrogen-bond donors (Lipinski definition) is 2. The number of phenolic OH excluding ortho intramolecular Hbond substituents is 1. The highest BCUT2D eigenvalue weighted by Crippen LogP contribution is 2.33. The second kappa shape index (κ2) is 3.55. The lowest BCUT2D eigenvalue weighted by Gasteiger charge is -2.07. The zero-order valence-electron chi connectivity index (χ0n) is 7.37. The minimum absolute atomic E-state index is 0.202. The number of pyridine rings is 1. The van der Waals surface area contributed by atoms with Gasteiger partial charge in [0.2, 0.25) is 0 Å². The fourth-order valence-corrected chi connectivity index (χ4v) is 1.91. The number of fused-ring (bicyclic) bond motifs is 1. The second-order valence-corrected chi connectivity index (χ2v) is 3.81. The van der Waals surface area contributed by atoms with Crippen molar-refractivity contribution in [1.82, 2.24) is 4.98 Å². The zero-order chi connectivity index (χ0) is 10.1. The molecule has 0 saturated carbocycles. The van der Waals surface area contributed by atoms with Gasteiger partial charge in [-0.05, 0) is 28.1 Å². The van der Waals surface area contributed by atoms with Crippen LogP contribution in [0.4, 0.5) is 0 Å². The molecule has 0 unspecified atom stereocenters. The van der Waals surface area contributed by atoms with E-state index in [0.717, 1.165) is 16.5 Å². The van der Waals surface area contributed by atoms with E-state index in [0.29, 0.717) is 11.0 Å². The van der Waals surface area contributed by atoms with Crippen molar-refractivity contribution in [2.75, 3.05) is 0 Å². The minimum Gasteiger partial charge on any atom is -0.506 e. The molecule has 1 heterocycles. The van der Waals surface area contributed by atoms with Crippen molar-refractivity contribution in [3.8, 4) is 5.75 Å². The summed E-state index contributed by atoms with van der Waals surface area (Å²) in [5.41, 5.74) is 7.13. The molecule has 0 aliphatic heterocycles. The van der Waals surface area contributed by atoms with Crippen LogP contribution in [0.15, 0.2) is 28.9 Å². The van der Waals surface area contributed by atoms with E-state index in [-0.39, 0.29) is 5.75 Å². The first kappa shape index (κ1) is 9.43. The molecule has 0 amide bonds. The van der Waals surface area contributed by atoms with Crippen molar-refractivity contribution in [3.05, 3.63) is 34.4 Å². The van der Waals surface area contributed by atoms with E-state index >= 15 is 0 Å². The fraction of sp³-hybridized carbons (Fsp3) is 0.100. The molecule has 0 aliphatic rings. The summed E-state index contributed by atoms with van der Waals surface area (Å²) in [5.74, 6) is 0.202. The summed E-state index contributed by atoms with van der Waals surface area (Å²) in [6.45, 7) is 0.299. The number of rotatable bonds is 1. The Labute approximate surface area is 89.7 Å². The smallest absolute Gasteiger partial charge is 0.134 e. The maximum absolute atomic E-state index is 9.74. The highest BCUT2D eigenvalue weighted by atomic mass is 79.9. The molecule has 2 aromatic rings. The summed E-state index contributed by atoms with van der Waals surface area (Å²) in [4.78, 5) is 4.20. The monoisotopic (exact) mass is 252 g/mol. The van der Waals surface area contributed by atoms with Gasteiger partial charge in [0, 0.05) is 23.7 Å². The van der Waals surface area contributed by atoms with Crippen LogP contribution >= 0.6 is 15.9 Å². The van der Waals surface area contributed by atoms with Gasteiger partial charge >= 0.3 is 0 Å². The molecular formula is C10H9BrN2O. The second-order valence-electron chi connectivity index (χ2n) is 2.96. The molecule has 0 radical (unpaired) electrons. The van der Waals surface area contributed by atoms with Gasteiger partial charge in [-0.1, -0.05) is 6.07 Å². The first-order chi connectivity index (χ1) is 6.74. The maximum Gasteiger partial charge on any atom is 0.134 e. The number of halogens is 1. The molecule has 3 nitrogen and oxygen atoms in total. The van der Waals surface area contributed by atoms with Crippen molar-refractivity contribution in [2.24, 2.45) is 5.73 Å². The molecule has 4 heteroatoms. The van der Waals surface area contributed by atoms with Gasteiger partial charge in [-0.25, -0.2) is 0 Å². The molecule has 2 rings (SSSR count). The topological polar surface area (TPSA) is 59.1 Å². The molecule has 14 heavy (non-hydrogen) atoms. The van der Waals surface area contributed by atoms with E-state index in [1.54, 1.807) is 12.3 Å². The van der Waals surface area contributed by atoms with Crippen molar-refractivity contribution in [2.45, 2.75) is 6.54 Å². The fourth-order valence-electron chi connectivity index (χ4n) is 1.45. The van der Waals surface area contributed by atoms with Gasteiger partial charge in [0.25, 0.3) is 0 Å². The minimum atomic E-state index is 0.202. The van der Waals surface area contributed by atoms with Crippen molar-refractivity contribution >= 4 is 26.8 Å². The van der Waals surface area contributed by atoms with Crippen molar-refractivity contribution in [1.29, 1.82) is 0 Å². The largest absolute Gasteiger partial charge is 0.506 e. The number of aromatic nitrogens is 1. The third kappa shape index (κ3) is 1.36. The molecule has 72 valence electrons. The average Bonchev–Trinajstić information content (AvgIpc) is 2.20. The summed E-state index contributed by atoms with van der Waals surface area (Å²) < 4.78 is 0.629. The van der Waals surface area contributed by atoms with Crippen LogP contribution in [0.3, 0.4) is 0 Å².